The van der Waals surface area contributed by atoms with Gasteiger partial charge in [0.25, 0.3) is 0 Å². The molecule has 1 aromatic carbocycles. The molecule has 0 amide bonds. The van der Waals surface area contributed by atoms with Crippen molar-refractivity contribution in [2.75, 3.05) is 12.3 Å². The van der Waals surface area contributed by atoms with Gasteiger partial charge in [-0.2, -0.15) is 0 Å². The first kappa shape index (κ1) is 12.9. The van der Waals surface area contributed by atoms with Crippen LogP contribution in [0.5, 0.6) is 0 Å². The van der Waals surface area contributed by atoms with Crippen molar-refractivity contribution in [1.82, 2.24) is 0 Å². The van der Waals surface area contributed by atoms with Crippen molar-refractivity contribution in [2.24, 2.45) is 5.92 Å². The molecule has 0 saturated heterocycles. The first-order valence-electron chi connectivity index (χ1n) is 6.39. The maximum absolute atomic E-state index is 12.9. The third-order valence-electron chi connectivity index (χ3n) is 3.47. The molecule has 98 valence electrons. The SMILES string of the molecule is Nc1cc(C(=O)OCCC2CCCC2)ccc1F. The van der Waals surface area contributed by atoms with Crippen LogP contribution in [0.4, 0.5) is 10.1 Å². The van der Waals surface area contributed by atoms with Gasteiger partial charge in [0.05, 0.1) is 17.9 Å². The normalized spacial score (nSPS) is 15.8. The number of carbonyl (C=O) groups excluding carboxylic acids is 1. The molecule has 3 nitrogen and oxygen atoms in total. The highest BCUT2D eigenvalue weighted by molar-refractivity contribution is 5.90. The van der Waals surface area contributed by atoms with Crippen molar-refractivity contribution < 1.29 is 13.9 Å². The van der Waals surface area contributed by atoms with Gasteiger partial charge in [0, 0.05) is 0 Å². The van der Waals surface area contributed by atoms with Crippen LogP contribution in [0, 0.1) is 11.7 Å². The number of ether oxygens (including phenoxy) is 1. The number of hydrogen-bond acceptors (Lipinski definition) is 3. The van der Waals surface area contributed by atoms with Crippen molar-refractivity contribution in [2.45, 2.75) is 32.1 Å². The van der Waals surface area contributed by atoms with Gasteiger partial charge >= 0.3 is 5.97 Å². The molecule has 0 radical (unpaired) electrons. The van der Waals surface area contributed by atoms with E-state index < -0.39 is 11.8 Å². The maximum Gasteiger partial charge on any atom is 0.338 e. The van der Waals surface area contributed by atoms with Gasteiger partial charge in [0.15, 0.2) is 0 Å². The number of anilines is 1. The molecule has 1 saturated carbocycles. The van der Waals surface area contributed by atoms with E-state index in [1.165, 1.54) is 43.9 Å². The second kappa shape index (κ2) is 5.85. The van der Waals surface area contributed by atoms with Crippen LogP contribution in [0.3, 0.4) is 0 Å². The van der Waals surface area contributed by atoms with Crippen LogP contribution in [0.15, 0.2) is 18.2 Å². The van der Waals surface area contributed by atoms with Gasteiger partial charge < -0.3 is 10.5 Å². The summed E-state index contributed by atoms with van der Waals surface area (Å²) in [5.74, 6) is -0.256. The fraction of sp³-hybridized carbons (Fsp3) is 0.500. The number of nitrogen functional groups attached to an aromatic ring is 1. The Morgan fingerprint density at radius 2 is 2.11 bits per heavy atom. The summed E-state index contributed by atoms with van der Waals surface area (Å²) < 4.78 is 18.1. The summed E-state index contributed by atoms with van der Waals surface area (Å²) in [5, 5.41) is 0. The summed E-state index contributed by atoms with van der Waals surface area (Å²) in [6.07, 6.45) is 5.96. The molecule has 1 aromatic rings. The molecule has 0 atom stereocenters. The monoisotopic (exact) mass is 251 g/mol. The van der Waals surface area contributed by atoms with Crippen LogP contribution in [-0.4, -0.2) is 12.6 Å². The molecule has 2 N–H and O–H groups in total. The largest absolute Gasteiger partial charge is 0.462 e. The van der Waals surface area contributed by atoms with E-state index in [1.54, 1.807) is 0 Å². The van der Waals surface area contributed by atoms with Crippen LogP contribution >= 0.6 is 0 Å². The Hall–Kier alpha value is -1.58. The predicted molar refractivity (Wildman–Crippen MR) is 67.7 cm³/mol. The number of nitrogens with two attached hydrogens (primary N) is 1. The number of carbonyl (C=O) groups is 1. The highest BCUT2D eigenvalue weighted by atomic mass is 19.1. The van der Waals surface area contributed by atoms with Gasteiger partial charge in [-0.15, -0.1) is 0 Å². The number of rotatable bonds is 4. The van der Waals surface area contributed by atoms with Crippen LogP contribution < -0.4 is 5.73 Å². The fourth-order valence-corrected chi connectivity index (χ4v) is 2.37. The Kier molecular flexibility index (Phi) is 4.18. The summed E-state index contributed by atoms with van der Waals surface area (Å²) in [5.41, 5.74) is 5.68. The number of hydrogen-bond donors (Lipinski definition) is 1. The van der Waals surface area contributed by atoms with E-state index in [0.717, 1.165) is 6.42 Å². The van der Waals surface area contributed by atoms with Crippen LogP contribution in [0.2, 0.25) is 0 Å². The molecule has 2 rings (SSSR count). The zero-order chi connectivity index (χ0) is 13.0. The Morgan fingerprint density at radius 1 is 1.39 bits per heavy atom. The minimum atomic E-state index is -0.516. The number of esters is 1. The highest BCUT2D eigenvalue weighted by Crippen LogP contribution is 2.27. The molecule has 0 unspecified atom stereocenters. The van der Waals surface area contributed by atoms with Crippen molar-refractivity contribution >= 4 is 11.7 Å². The standard InChI is InChI=1S/C14H18FNO2/c15-12-6-5-11(9-13(12)16)14(17)18-8-7-10-3-1-2-4-10/h5-6,9-10H,1-4,7-8,16H2. The van der Waals surface area contributed by atoms with E-state index in [0.29, 0.717) is 18.1 Å². The first-order chi connectivity index (χ1) is 8.66. The van der Waals surface area contributed by atoms with Crippen molar-refractivity contribution in [3.63, 3.8) is 0 Å². The predicted octanol–water partition coefficient (Wildman–Crippen LogP) is 3.15. The van der Waals surface area contributed by atoms with Crippen LogP contribution in [-0.2, 0) is 4.74 Å². The highest BCUT2D eigenvalue weighted by Gasteiger charge is 2.16. The van der Waals surface area contributed by atoms with Gasteiger partial charge in [-0.25, -0.2) is 9.18 Å². The summed E-state index contributed by atoms with van der Waals surface area (Å²) in [6.45, 7) is 0.431. The first-order valence-corrected chi connectivity index (χ1v) is 6.39. The molecular formula is C14H18FNO2. The molecule has 0 heterocycles. The second-order valence-electron chi connectivity index (χ2n) is 4.81. The molecule has 4 heteroatoms. The van der Waals surface area contributed by atoms with E-state index in [1.807, 2.05) is 0 Å². The molecule has 1 aliphatic carbocycles. The van der Waals surface area contributed by atoms with Gasteiger partial charge in [-0.3, -0.25) is 0 Å². The minimum Gasteiger partial charge on any atom is -0.462 e. The van der Waals surface area contributed by atoms with E-state index >= 15 is 0 Å². The average Bonchev–Trinajstić information content (AvgIpc) is 2.85. The summed E-state index contributed by atoms with van der Waals surface area (Å²) in [7, 11) is 0. The Morgan fingerprint density at radius 3 is 2.78 bits per heavy atom. The molecule has 0 aromatic heterocycles. The van der Waals surface area contributed by atoms with Crippen molar-refractivity contribution in [3.05, 3.63) is 29.6 Å². The molecule has 18 heavy (non-hydrogen) atoms. The van der Waals surface area contributed by atoms with Crippen LogP contribution in [0.25, 0.3) is 0 Å². The van der Waals surface area contributed by atoms with Crippen molar-refractivity contribution in [3.8, 4) is 0 Å². The quantitative estimate of drug-likeness (QED) is 0.660. The maximum atomic E-state index is 12.9. The lowest BCUT2D eigenvalue weighted by atomic mass is 10.1. The second-order valence-corrected chi connectivity index (χ2v) is 4.81. The van der Waals surface area contributed by atoms with E-state index in [-0.39, 0.29) is 5.69 Å². The minimum absolute atomic E-state index is 0.0276. The molecular weight excluding hydrogens is 233 g/mol. The zero-order valence-electron chi connectivity index (χ0n) is 10.3. The zero-order valence-corrected chi connectivity index (χ0v) is 10.3. The van der Waals surface area contributed by atoms with Crippen molar-refractivity contribution in [1.29, 1.82) is 0 Å². The molecule has 0 bridgehead atoms. The van der Waals surface area contributed by atoms with Gasteiger partial charge in [0.1, 0.15) is 5.82 Å². The van der Waals surface area contributed by atoms with Gasteiger partial charge in [-0.05, 0) is 30.5 Å². The average molecular weight is 251 g/mol. The van der Waals surface area contributed by atoms with Gasteiger partial charge in [0.2, 0.25) is 0 Å². The Bertz CT molecular complexity index is 428. The van der Waals surface area contributed by atoms with Crippen LogP contribution in [0.1, 0.15) is 42.5 Å². The lowest BCUT2D eigenvalue weighted by Crippen LogP contribution is -2.09. The smallest absolute Gasteiger partial charge is 0.338 e. The lowest BCUT2D eigenvalue weighted by Gasteiger charge is -2.09. The summed E-state index contributed by atoms with van der Waals surface area (Å²) in [6, 6.07) is 3.89. The van der Waals surface area contributed by atoms with E-state index in [2.05, 4.69) is 0 Å². The lowest BCUT2D eigenvalue weighted by molar-refractivity contribution is 0.0483. The molecule has 1 aliphatic rings. The molecule has 0 aliphatic heterocycles. The van der Waals surface area contributed by atoms with E-state index in [9.17, 15) is 9.18 Å². The third kappa shape index (κ3) is 3.22. The molecule has 1 fully saturated rings. The Labute approximate surface area is 106 Å². The topological polar surface area (TPSA) is 52.3 Å². The van der Waals surface area contributed by atoms with E-state index in [4.69, 9.17) is 10.5 Å². The summed E-state index contributed by atoms with van der Waals surface area (Å²) >= 11 is 0. The summed E-state index contributed by atoms with van der Waals surface area (Å²) in [4.78, 5) is 11.7. The fourth-order valence-electron chi connectivity index (χ4n) is 2.37. The Balaban J connectivity index is 1.81. The van der Waals surface area contributed by atoms with Gasteiger partial charge in [-0.1, -0.05) is 25.7 Å². The number of halogens is 1. The number of benzene rings is 1. The molecule has 0 spiro atoms. The third-order valence-corrected chi connectivity index (χ3v) is 3.47.